The van der Waals surface area contributed by atoms with Crippen molar-refractivity contribution in [3.8, 4) is 11.8 Å². The fraction of sp³-hybridized carbons (Fsp3) is 0.0588. The van der Waals surface area contributed by atoms with E-state index in [1.54, 1.807) is 36.4 Å². The van der Waals surface area contributed by atoms with Crippen LogP contribution in [0.4, 0.5) is 5.69 Å². The number of hydrogen-bond donors (Lipinski definition) is 1. The topological polar surface area (TPSA) is 62.1 Å². The number of nitrogens with one attached hydrogen (secondary N) is 1. The van der Waals surface area contributed by atoms with Gasteiger partial charge in [-0.3, -0.25) is 4.79 Å². The number of amides is 1. The zero-order valence-electron chi connectivity index (χ0n) is 12.1. The molecule has 0 saturated carbocycles. The molecule has 0 aliphatic rings. The van der Waals surface area contributed by atoms with Crippen molar-refractivity contribution in [1.82, 2.24) is 0 Å². The van der Waals surface area contributed by atoms with E-state index in [9.17, 15) is 10.1 Å². The van der Waals surface area contributed by atoms with Crippen LogP contribution in [0.1, 0.15) is 5.56 Å². The van der Waals surface area contributed by atoms with Gasteiger partial charge in [-0.15, -0.1) is 0 Å². The lowest BCUT2D eigenvalue weighted by atomic mass is 10.1. The Labute approximate surface area is 143 Å². The van der Waals surface area contributed by atoms with Crippen molar-refractivity contribution in [1.29, 1.82) is 5.26 Å². The van der Waals surface area contributed by atoms with Crippen LogP contribution in [0.15, 0.2) is 48.0 Å². The maximum atomic E-state index is 12.2. The number of hydrogen-bond acceptors (Lipinski definition) is 3. The van der Waals surface area contributed by atoms with Gasteiger partial charge < -0.3 is 10.1 Å². The summed E-state index contributed by atoms with van der Waals surface area (Å²) < 4.78 is 5.20. The number of rotatable bonds is 4. The number of carbonyl (C=O) groups is 1. The highest BCUT2D eigenvalue weighted by Crippen LogP contribution is 2.25. The first-order valence-corrected chi connectivity index (χ1v) is 7.32. The van der Waals surface area contributed by atoms with Crippen LogP contribution in [0.2, 0.25) is 10.0 Å². The summed E-state index contributed by atoms with van der Waals surface area (Å²) in [4.78, 5) is 12.2. The molecule has 23 heavy (non-hydrogen) atoms. The van der Waals surface area contributed by atoms with Gasteiger partial charge >= 0.3 is 0 Å². The normalized spacial score (nSPS) is 10.8. The van der Waals surface area contributed by atoms with Crippen LogP contribution in [0, 0.1) is 11.3 Å². The number of methoxy groups -OCH3 is 1. The highest BCUT2D eigenvalue weighted by Gasteiger charge is 2.11. The first-order chi connectivity index (χ1) is 11.0. The third kappa shape index (κ3) is 4.26. The molecule has 0 bridgehead atoms. The molecule has 6 heteroatoms. The van der Waals surface area contributed by atoms with Gasteiger partial charge in [0, 0.05) is 11.3 Å². The lowest BCUT2D eigenvalue weighted by molar-refractivity contribution is -0.112. The predicted molar refractivity (Wildman–Crippen MR) is 91.7 cm³/mol. The summed E-state index contributed by atoms with van der Waals surface area (Å²) in [5.74, 6) is 0.0272. The zero-order chi connectivity index (χ0) is 16.8. The Kier molecular flexibility index (Phi) is 5.64. The molecule has 0 aliphatic heterocycles. The number of nitriles is 1. The molecule has 0 fully saturated rings. The van der Waals surface area contributed by atoms with Crippen LogP contribution in [0.3, 0.4) is 0 Å². The Hall–Kier alpha value is -2.48. The molecule has 116 valence electrons. The fourth-order valence-electron chi connectivity index (χ4n) is 1.86. The molecule has 2 rings (SSSR count). The van der Waals surface area contributed by atoms with Crippen molar-refractivity contribution >= 4 is 40.9 Å². The number of anilines is 1. The summed E-state index contributed by atoms with van der Waals surface area (Å²) in [6.45, 7) is 0. The highest BCUT2D eigenvalue weighted by atomic mass is 35.5. The van der Waals surface area contributed by atoms with Gasteiger partial charge in [0.15, 0.2) is 0 Å². The Morgan fingerprint density at radius 1 is 1.22 bits per heavy atom. The van der Waals surface area contributed by atoms with Crippen molar-refractivity contribution in [3.63, 3.8) is 0 Å². The van der Waals surface area contributed by atoms with Crippen LogP contribution in [0.5, 0.6) is 5.75 Å². The molecule has 0 aromatic heterocycles. The second-order valence-corrected chi connectivity index (χ2v) is 5.31. The van der Waals surface area contributed by atoms with Gasteiger partial charge in [-0.1, -0.05) is 41.4 Å². The zero-order valence-corrected chi connectivity index (χ0v) is 13.7. The Balaban J connectivity index is 2.26. The van der Waals surface area contributed by atoms with Gasteiger partial charge in [-0.2, -0.15) is 5.26 Å². The number of benzene rings is 2. The molecule has 2 aromatic rings. The molecule has 0 radical (unpaired) electrons. The van der Waals surface area contributed by atoms with Crippen LogP contribution in [-0.2, 0) is 4.79 Å². The van der Waals surface area contributed by atoms with E-state index in [1.807, 2.05) is 6.07 Å². The monoisotopic (exact) mass is 346 g/mol. The Morgan fingerprint density at radius 3 is 2.61 bits per heavy atom. The Morgan fingerprint density at radius 2 is 1.96 bits per heavy atom. The van der Waals surface area contributed by atoms with E-state index in [0.29, 0.717) is 27.0 Å². The van der Waals surface area contributed by atoms with E-state index in [4.69, 9.17) is 27.9 Å². The predicted octanol–water partition coefficient (Wildman–Crippen LogP) is 4.55. The minimum absolute atomic E-state index is 0.0550. The van der Waals surface area contributed by atoms with Gasteiger partial charge in [-0.05, 0) is 30.3 Å². The van der Waals surface area contributed by atoms with Crippen LogP contribution < -0.4 is 10.1 Å². The maximum Gasteiger partial charge on any atom is 0.266 e. The molecule has 0 unspecified atom stereocenters. The fourth-order valence-corrected chi connectivity index (χ4v) is 2.16. The van der Waals surface area contributed by atoms with Gasteiger partial charge in [-0.25, -0.2) is 0 Å². The third-order valence-electron chi connectivity index (χ3n) is 2.98. The second kappa shape index (κ2) is 7.68. The SMILES string of the molecule is COc1ccccc1/C=C(/C#N)C(=O)Nc1ccc(Cl)c(Cl)c1. The van der Waals surface area contributed by atoms with Crippen LogP contribution in [-0.4, -0.2) is 13.0 Å². The average Bonchev–Trinajstić information content (AvgIpc) is 2.56. The number of ether oxygens (including phenoxy) is 1. The minimum atomic E-state index is -0.545. The third-order valence-corrected chi connectivity index (χ3v) is 3.72. The standard InChI is InChI=1S/C17H12Cl2N2O2/c1-23-16-5-3-2-4-11(16)8-12(10-20)17(22)21-13-6-7-14(18)15(19)9-13/h2-9H,1H3,(H,21,22)/b12-8-. The van der Waals surface area contributed by atoms with Gasteiger partial charge in [0.05, 0.1) is 17.2 Å². The molecule has 0 atom stereocenters. The van der Waals surface area contributed by atoms with E-state index in [2.05, 4.69) is 5.32 Å². The number of carbonyl (C=O) groups excluding carboxylic acids is 1. The molecule has 0 spiro atoms. The summed E-state index contributed by atoms with van der Waals surface area (Å²) in [6, 6.07) is 13.7. The van der Waals surface area contributed by atoms with Crippen molar-refractivity contribution < 1.29 is 9.53 Å². The number of para-hydroxylation sites is 1. The largest absolute Gasteiger partial charge is 0.496 e. The van der Waals surface area contributed by atoms with Crippen molar-refractivity contribution in [2.75, 3.05) is 12.4 Å². The molecule has 1 N–H and O–H groups in total. The highest BCUT2D eigenvalue weighted by molar-refractivity contribution is 6.42. The average molecular weight is 347 g/mol. The molecule has 0 saturated heterocycles. The van der Waals surface area contributed by atoms with Crippen molar-refractivity contribution in [3.05, 3.63) is 63.6 Å². The quantitative estimate of drug-likeness (QED) is 0.652. The lowest BCUT2D eigenvalue weighted by Crippen LogP contribution is -2.13. The molecule has 4 nitrogen and oxygen atoms in total. The maximum absolute atomic E-state index is 12.2. The number of halogens is 2. The van der Waals surface area contributed by atoms with E-state index in [0.717, 1.165) is 0 Å². The molecular weight excluding hydrogens is 335 g/mol. The van der Waals surface area contributed by atoms with Gasteiger partial charge in [0.1, 0.15) is 17.4 Å². The Bertz CT molecular complexity index is 810. The van der Waals surface area contributed by atoms with Crippen molar-refractivity contribution in [2.24, 2.45) is 0 Å². The first kappa shape index (κ1) is 16.9. The van der Waals surface area contributed by atoms with Crippen LogP contribution >= 0.6 is 23.2 Å². The summed E-state index contributed by atoms with van der Waals surface area (Å²) >= 11 is 11.7. The second-order valence-electron chi connectivity index (χ2n) is 4.49. The molecule has 2 aromatic carbocycles. The van der Waals surface area contributed by atoms with Gasteiger partial charge in [0.25, 0.3) is 5.91 Å². The van der Waals surface area contributed by atoms with E-state index in [1.165, 1.54) is 19.3 Å². The van der Waals surface area contributed by atoms with E-state index < -0.39 is 5.91 Å². The van der Waals surface area contributed by atoms with Gasteiger partial charge in [0.2, 0.25) is 0 Å². The summed E-state index contributed by atoms with van der Waals surface area (Å²) in [7, 11) is 1.52. The summed E-state index contributed by atoms with van der Waals surface area (Å²) in [5.41, 5.74) is 1.03. The van der Waals surface area contributed by atoms with E-state index in [-0.39, 0.29) is 5.57 Å². The number of nitrogens with zero attached hydrogens (tertiary/aromatic N) is 1. The van der Waals surface area contributed by atoms with E-state index >= 15 is 0 Å². The minimum Gasteiger partial charge on any atom is -0.496 e. The first-order valence-electron chi connectivity index (χ1n) is 6.56. The smallest absolute Gasteiger partial charge is 0.266 e. The van der Waals surface area contributed by atoms with Crippen LogP contribution in [0.25, 0.3) is 6.08 Å². The molecule has 0 aliphatic carbocycles. The molecule has 1 amide bonds. The molecular formula is C17H12Cl2N2O2. The van der Waals surface area contributed by atoms with Crippen molar-refractivity contribution in [2.45, 2.75) is 0 Å². The summed E-state index contributed by atoms with van der Waals surface area (Å²) in [5, 5.41) is 12.5. The summed E-state index contributed by atoms with van der Waals surface area (Å²) in [6.07, 6.45) is 1.46. The lowest BCUT2D eigenvalue weighted by Gasteiger charge is -2.07. The molecule has 0 heterocycles.